The third-order valence-electron chi connectivity index (χ3n) is 4.44. The smallest absolute Gasteiger partial charge is 0.0735 e. The summed E-state index contributed by atoms with van der Waals surface area (Å²) < 4.78 is 6.09. The molecular weight excluding hydrogens is 246 g/mol. The van der Waals surface area contributed by atoms with Crippen molar-refractivity contribution >= 4 is 0 Å². The minimum absolute atomic E-state index is 0.366. The van der Waals surface area contributed by atoms with Crippen LogP contribution in [0.25, 0.3) is 0 Å². The van der Waals surface area contributed by atoms with E-state index in [9.17, 15) is 0 Å². The molecule has 0 aromatic heterocycles. The van der Waals surface area contributed by atoms with E-state index in [0.29, 0.717) is 18.2 Å². The molecule has 0 saturated carbocycles. The molecule has 1 aliphatic heterocycles. The Bertz CT molecular complexity index is 432. The van der Waals surface area contributed by atoms with Crippen LogP contribution in [0.5, 0.6) is 0 Å². The predicted octanol–water partition coefficient (Wildman–Crippen LogP) is 3.70. The van der Waals surface area contributed by atoms with E-state index >= 15 is 0 Å². The fourth-order valence-electron chi connectivity index (χ4n) is 3.48. The van der Waals surface area contributed by atoms with Gasteiger partial charge in [-0.25, -0.2) is 0 Å². The summed E-state index contributed by atoms with van der Waals surface area (Å²) in [5.41, 5.74) is 5.67. The van der Waals surface area contributed by atoms with Gasteiger partial charge in [0, 0.05) is 6.04 Å². The first kappa shape index (κ1) is 15.5. The molecule has 2 rings (SSSR count). The lowest BCUT2D eigenvalue weighted by Gasteiger charge is -2.26. The van der Waals surface area contributed by atoms with E-state index in [-0.39, 0.29) is 0 Å². The molecule has 1 aliphatic rings. The highest BCUT2D eigenvalue weighted by atomic mass is 16.5. The van der Waals surface area contributed by atoms with Gasteiger partial charge in [0.25, 0.3) is 0 Å². The Labute approximate surface area is 123 Å². The number of nitrogens with one attached hydrogen (secondary N) is 1. The van der Waals surface area contributed by atoms with E-state index in [2.05, 4.69) is 52.1 Å². The van der Waals surface area contributed by atoms with Gasteiger partial charge in [-0.2, -0.15) is 0 Å². The highest BCUT2D eigenvalue weighted by molar-refractivity contribution is 5.38. The van der Waals surface area contributed by atoms with Gasteiger partial charge in [0.1, 0.15) is 0 Å². The van der Waals surface area contributed by atoms with E-state index in [0.717, 1.165) is 13.0 Å². The van der Waals surface area contributed by atoms with Crippen LogP contribution in [-0.2, 0) is 11.2 Å². The monoisotopic (exact) mass is 275 g/mol. The molecule has 1 heterocycles. The summed E-state index contributed by atoms with van der Waals surface area (Å²) in [5, 5.41) is 3.64. The molecule has 112 valence electrons. The van der Waals surface area contributed by atoms with Crippen LogP contribution in [0.1, 0.15) is 48.9 Å². The van der Waals surface area contributed by atoms with Gasteiger partial charge in [-0.05, 0) is 70.2 Å². The van der Waals surface area contributed by atoms with Crippen molar-refractivity contribution in [1.29, 1.82) is 0 Å². The summed E-state index contributed by atoms with van der Waals surface area (Å²) in [4.78, 5) is 0. The van der Waals surface area contributed by atoms with Crippen LogP contribution < -0.4 is 5.32 Å². The summed E-state index contributed by atoms with van der Waals surface area (Å²) in [7, 11) is 0. The maximum atomic E-state index is 6.09. The first-order valence-electron chi connectivity index (χ1n) is 7.96. The van der Waals surface area contributed by atoms with Crippen molar-refractivity contribution in [2.24, 2.45) is 0 Å². The molecule has 0 spiro atoms. The van der Waals surface area contributed by atoms with Gasteiger partial charge in [-0.1, -0.05) is 24.6 Å². The summed E-state index contributed by atoms with van der Waals surface area (Å²) in [6, 6.07) is 5.03. The molecule has 0 radical (unpaired) electrons. The van der Waals surface area contributed by atoms with Crippen molar-refractivity contribution in [2.75, 3.05) is 6.54 Å². The van der Waals surface area contributed by atoms with Crippen LogP contribution in [-0.4, -0.2) is 24.8 Å². The molecule has 1 saturated heterocycles. The maximum absolute atomic E-state index is 6.09. The molecule has 1 aromatic carbocycles. The SMILES string of the molecule is CCNC(Cc1c(C)cc(C)cc1C)C1CCC(C)O1. The largest absolute Gasteiger partial charge is 0.374 e. The van der Waals surface area contributed by atoms with E-state index in [1.54, 1.807) is 0 Å². The molecular formula is C18H29NO. The standard InChI is InChI=1S/C18H29NO/c1-6-19-17(18-8-7-15(5)20-18)11-16-13(3)9-12(2)10-14(16)4/h9-10,15,17-19H,6-8,11H2,1-5H3. The highest BCUT2D eigenvalue weighted by Crippen LogP contribution is 2.26. The lowest BCUT2D eigenvalue weighted by molar-refractivity contribution is 0.0323. The summed E-state index contributed by atoms with van der Waals surface area (Å²) in [6.07, 6.45) is 4.23. The van der Waals surface area contributed by atoms with Gasteiger partial charge in [-0.3, -0.25) is 0 Å². The molecule has 2 nitrogen and oxygen atoms in total. The second-order valence-electron chi connectivity index (χ2n) is 6.31. The van der Waals surface area contributed by atoms with Gasteiger partial charge < -0.3 is 10.1 Å². The number of benzene rings is 1. The van der Waals surface area contributed by atoms with Crippen molar-refractivity contribution in [2.45, 2.75) is 72.1 Å². The lowest BCUT2D eigenvalue weighted by atomic mass is 9.92. The third kappa shape index (κ3) is 3.62. The average molecular weight is 275 g/mol. The number of aryl methyl sites for hydroxylation is 3. The minimum atomic E-state index is 0.366. The third-order valence-corrected chi connectivity index (χ3v) is 4.44. The average Bonchev–Trinajstić information content (AvgIpc) is 2.79. The Morgan fingerprint density at radius 2 is 1.85 bits per heavy atom. The zero-order chi connectivity index (χ0) is 14.7. The van der Waals surface area contributed by atoms with Crippen LogP contribution in [0, 0.1) is 20.8 Å². The quantitative estimate of drug-likeness (QED) is 0.884. The molecule has 20 heavy (non-hydrogen) atoms. The van der Waals surface area contributed by atoms with Crippen LogP contribution in [0.4, 0.5) is 0 Å². The van der Waals surface area contributed by atoms with Crippen LogP contribution in [0.3, 0.4) is 0 Å². The van der Waals surface area contributed by atoms with Crippen molar-refractivity contribution < 1.29 is 4.74 Å². The van der Waals surface area contributed by atoms with Crippen molar-refractivity contribution in [1.82, 2.24) is 5.32 Å². The molecule has 0 amide bonds. The normalized spacial score (nSPS) is 24.1. The first-order valence-corrected chi connectivity index (χ1v) is 7.96. The second-order valence-corrected chi connectivity index (χ2v) is 6.31. The molecule has 1 fully saturated rings. The van der Waals surface area contributed by atoms with E-state index in [4.69, 9.17) is 4.74 Å². The fraction of sp³-hybridized carbons (Fsp3) is 0.667. The summed E-state index contributed by atoms with van der Waals surface area (Å²) >= 11 is 0. The second kappa shape index (κ2) is 6.73. The molecule has 3 unspecified atom stereocenters. The van der Waals surface area contributed by atoms with Crippen molar-refractivity contribution in [3.63, 3.8) is 0 Å². The zero-order valence-electron chi connectivity index (χ0n) is 13.6. The summed E-state index contributed by atoms with van der Waals surface area (Å²) in [6.45, 7) is 12.0. The topological polar surface area (TPSA) is 21.3 Å². The van der Waals surface area contributed by atoms with Gasteiger partial charge >= 0.3 is 0 Å². The van der Waals surface area contributed by atoms with E-state index in [1.165, 1.54) is 35.1 Å². The first-order chi connectivity index (χ1) is 9.51. The van der Waals surface area contributed by atoms with Crippen molar-refractivity contribution in [3.8, 4) is 0 Å². The number of hydrogen-bond acceptors (Lipinski definition) is 2. The number of rotatable bonds is 5. The Hall–Kier alpha value is -0.860. The predicted molar refractivity (Wildman–Crippen MR) is 85.4 cm³/mol. The lowest BCUT2D eigenvalue weighted by Crippen LogP contribution is -2.41. The fourth-order valence-corrected chi connectivity index (χ4v) is 3.48. The zero-order valence-corrected chi connectivity index (χ0v) is 13.6. The maximum Gasteiger partial charge on any atom is 0.0735 e. The Balaban J connectivity index is 2.16. The minimum Gasteiger partial charge on any atom is -0.374 e. The molecule has 1 aromatic rings. The molecule has 0 aliphatic carbocycles. The number of likely N-dealkylation sites (N-methyl/N-ethyl adjacent to an activating group) is 1. The van der Waals surface area contributed by atoms with Gasteiger partial charge in [-0.15, -0.1) is 0 Å². The van der Waals surface area contributed by atoms with Gasteiger partial charge in [0.2, 0.25) is 0 Å². The molecule has 3 atom stereocenters. The Morgan fingerprint density at radius 1 is 1.20 bits per heavy atom. The number of ether oxygens (including phenoxy) is 1. The highest BCUT2D eigenvalue weighted by Gasteiger charge is 2.29. The van der Waals surface area contributed by atoms with Crippen LogP contribution in [0.2, 0.25) is 0 Å². The Morgan fingerprint density at radius 3 is 2.35 bits per heavy atom. The van der Waals surface area contributed by atoms with Crippen LogP contribution >= 0.6 is 0 Å². The van der Waals surface area contributed by atoms with Gasteiger partial charge in [0.05, 0.1) is 12.2 Å². The van der Waals surface area contributed by atoms with E-state index < -0.39 is 0 Å². The van der Waals surface area contributed by atoms with Gasteiger partial charge in [0.15, 0.2) is 0 Å². The molecule has 2 heteroatoms. The summed E-state index contributed by atoms with van der Waals surface area (Å²) in [5.74, 6) is 0. The van der Waals surface area contributed by atoms with Crippen molar-refractivity contribution in [3.05, 3.63) is 34.4 Å². The van der Waals surface area contributed by atoms with Crippen LogP contribution in [0.15, 0.2) is 12.1 Å². The molecule has 1 N–H and O–H groups in total. The molecule has 0 bridgehead atoms. The van der Waals surface area contributed by atoms with E-state index in [1.807, 2.05) is 0 Å². The number of hydrogen-bond donors (Lipinski definition) is 1. The Kier molecular flexibility index (Phi) is 5.22.